The lowest BCUT2D eigenvalue weighted by atomic mass is 10.2. The maximum atomic E-state index is 12.0. The Morgan fingerprint density at radius 1 is 1.47 bits per heavy atom. The summed E-state index contributed by atoms with van der Waals surface area (Å²) in [4.78, 5) is 17.7. The van der Waals surface area contributed by atoms with Crippen molar-refractivity contribution in [1.82, 2.24) is 9.88 Å². The quantitative estimate of drug-likeness (QED) is 0.750. The molecule has 0 unspecified atom stereocenters. The van der Waals surface area contributed by atoms with E-state index >= 15 is 0 Å². The van der Waals surface area contributed by atoms with E-state index in [1.54, 1.807) is 23.2 Å². The van der Waals surface area contributed by atoms with Crippen LogP contribution in [0.4, 0.5) is 0 Å². The minimum absolute atomic E-state index is 0.0351. The molecule has 0 radical (unpaired) electrons. The van der Waals surface area contributed by atoms with Gasteiger partial charge in [-0.1, -0.05) is 13.0 Å². The summed E-state index contributed by atoms with van der Waals surface area (Å²) in [5.74, 6) is -0.149. The predicted molar refractivity (Wildman–Crippen MR) is 65.4 cm³/mol. The first-order valence-corrected chi connectivity index (χ1v) is 5.78. The van der Waals surface area contributed by atoms with Crippen LogP contribution in [0.3, 0.4) is 0 Å². The van der Waals surface area contributed by atoms with Crippen LogP contribution in [0.15, 0.2) is 18.3 Å². The van der Waals surface area contributed by atoms with Gasteiger partial charge >= 0.3 is 0 Å². The molecular weight excluding hydrogens is 218 g/mol. The first-order chi connectivity index (χ1) is 8.22. The molecule has 0 atom stereocenters. The predicted octanol–water partition coefficient (Wildman–Crippen LogP) is 0.385. The second-order valence-corrected chi connectivity index (χ2v) is 3.77. The van der Waals surface area contributed by atoms with Crippen molar-refractivity contribution < 1.29 is 9.90 Å². The summed E-state index contributed by atoms with van der Waals surface area (Å²) in [5.41, 5.74) is 6.75. The Balaban J connectivity index is 2.77. The van der Waals surface area contributed by atoms with E-state index in [4.69, 9.17) is 10.8 Å². The minimum atomic E-state index is -0.149. The number of nitrogens with zero attached hydrogens (tertiary/aromatic N) is 2. The van der Waals surface area contributed by atoms with Crippen LogP contribution < -0.4 is 5.73 Å². The van der Waals surface area contributed by atoms with Gasteiger partial charge in [0.1, 0.15) is 5.69 Å². The largest absolute Gasteiger partial charge is 0.395 e. The van der Waals surface area contributed by atoms with Gasteiger partial charge in [0.2, 0.25) is 0 Å². The number of nitrogens with two attached hydrogens (primary N) is 1. The van der Waals surface area contributed by atoms with E-state index in [-0.39, 0.29) is 12.5 Å². The molecule has 3 N–H and O–H groups in total. The van der Waals surface area contributed by atoms with Crippen molar-refractivity contribution in [2.45, 2.75) is 19.9 Å². The van der Waals surface area contributed by atoms with Gasteiger partial charge in [0, 0.05) is 25.8 Å². The highest BCUT2D eigenvalue weighted by atomic mass is 16.3. The number of amides is 1. The van der Waals surface area contributed by atoms with Gasteiger partial charge in [-0.15, -0.1) is 0 Å². The van der Waals surface area contributed by atoms with Crippen molar-refractivity contribution >= 4 is 5.91 Å². The van der Waals surface area contributed by atoms with Crippen LogP contribution in [0.25, 0.3) is 0 Å². The summed E-state index contributed by atoms with van der Waals surface area (Å²) in [5, 5.41) is 8.91. The van der Waals surface area contributed by atoms with E-state index < -0.39 is 0 Å². The molecule has 0 saturated carbocycles. The molecule has 0 spiro atoms. The Hall–Kier alpha value is -1.46. The van der Waals surface area contributed by atoms with Gasteiger partial charge in [-0.25, -0.2) is 0 Å². The Morgan fingerprint density at radius 3 is 2.71 bits per heavy atom. The molecule has 0 aliphatic rings. The van der Waals surface area contributed by atoms with Crippen molar-refractivity contribution in [3.05, 3.63) is 29.6 Å². The molecule has 5 heteroatoms. The second-order valence-electron chi connectivity index (χ2n) is 3.77. The minimum Gasteiger partial charge on any atom is -0.395 e. The average molecular weight is 237 g/mol. The second kappa shape index (κ2) is 6.98. The van der Waals surface area contributed by atoms with Crippen LogP contribution in [0.5, 0.6) is 0 Å². The SMILES string of the molecule is CCCN(CCO)C(=O)c1ccc(CN)cn1. The van der Waals surface area contributed by atoms with Crippen LogP contribution in [-0.2, 0) is 6.54 Å². The molecule has 94 valence electrons. The summed E-state index contributed by atoms with van der Waals surface area (Å²) in [6.45, 7) is 3.33. The third kappa shape index (κ3) is 3.80. The first-order valence-electron chi connectivity index (χ1n) is 5.78. The Morgan fingerprint density at radius 2 is 2.24 bits per heavy atom. The van der Waals surface area contributed by atoms with Gasteiger partial charge in [0.15, 0.2) is 0 Å². The topological polar surface area (TPSA) is 79.5 Å². The summed E-state index contributed by atoms with van der Waals surface area (Å²) in [6, 6.07) is 3.47. The zero-order chi connectivity index (χ0) is 12.7. The van der Waals surface area contributed by atoms with Crippen molar-refractivity contribution in [2.24, 2.45) is 5.73 Å². The number of aromatic nitrogens is 1. The fourth-order valence-electron chi connectivity index (χ4n) is 1.54. The maximum Gasteiger partial charge on any atom is 0.272 e. The average Bonchev–Trinajstić information content (AvgIpc) is 2.38. The Kier molecular flexibility index (Phi) is 5.59. The molecule has 1 aromatic rings. The highest BCUT2D eigenvalue weighted by Crippen LogP contribution is 2.04. The highest BCUT2D eigenvalue weighted by Gasteiger charge is 2.15. The van der Waals surface area contributed by atoms with Crippen LogP contribution in [0.1, 0.15) is 29.4 Å². The number of carbonyl (C=O) groups excluding carboxylic acids is 1. The fourth-order valence-corrected chi connectivity index (χ4v) is 1.54. The van der Waals surface area contributed by atoms with Gasteiger partial charge in [-0.3, -0.25) is 9.78 Å². The molecule has 1 heterocycles. The van der Waals surface area contributed by atoms with Gasteiger partial charge in [-0.2, -0.15) is 0 Å². The molecule has 0 aliphatic heterocycles. The molecule has 5 nitrogen and oxygen atoms in total. The molecule has 17 heavy (non-hydrogen) atoms. The molecule has 0 saturated heterocycles. The Labute approximate surface area is 101 Å². The van der Waals surface area contributed by atoms with E-state index in [0.29, 0.717) is 25.3 Å². The zero-order valence-corrected chi connectivity index (χ0v) is 10.1. The summed E-state index contributed by atoms with van der Waals surface area (Å²) in [7, 11) is 0. The van der Waals surface area contributed by atoms with E-state index in [1.165, 1.54) is 0 Å². The van der Waals surface area contributed by atoms with Crippen LogP contribution in [-0.4, -0.2) is 40.6 Å². The third-order valence-electron chi connectivity index (χ3n) is 2.43. The fraction of sp³-hybridized carbons (Fsp3) is 0.500. The first kappa shape index (κ1) is 13.6. The van der Waals surface area contributed by atoms with E-state index in [0.717, 1.165) is 12.0 Å². The van der Waals surface area contributed by atoms with Crippen molar-refractivity contribution in [1.29, 1.82) is 0 Å². The molecular formula is C12H19N3O2. The number of pyridine rings is 1. The third-order valence-corrected chi connectivity index (χ3v) is 2.43. The van der Waals surface area contributed by atoms with E-state index in [2.05, 4.69) is 4.98 Å². The summed E-state index contributed by atoms with van der Waals surface area (Å²) in [6.07, 6.45) is 2.46. The normalized spacial score (nSPS) is 10.3. The van der Waals surface area contributed by atoms with Crippen LogP contribution in [0, 0.1) is 0 Å². The van der Waals surface area contributed by atoms with Crippen molar-refractivity contribution in [3.8, 4) is 0 Å². The highest BCUT2D eigenvalue weighted by molar-refractivity contribution is 5.92. The van der Waals surface area contributed by atoms with Crippen LogP contribution >= 0.6 is 0 Å². The number of aliphatic hydroxyl groups is 1. The number of rotatable bonds is 6. The monoisotopic (exact) mass is 237 g/mol. The maximum absolute atomic E-state index is 12.0. The van der Waals surface area contributed by atoms with E-state index in [9.17, 15) is 4.79 Å². The molecule has 0 aromatic carbocycles. The Bertz CT molecular complexity index is 345. The zero-order valence-electron chi connectivity index (χ0n) is 10.1. The lowest BCUT2D eigenvalue weighted by molar-refractivity contribution is 0.0716. The number of carbonyl (C=O) groups is 1. The van der Waals surface area contributed by atoms with Gasteiger partial charge in [-0.05, 0) is 18.1 Å². The van der Waals surface area contributed by atoms with Crippen molar-refractivity contribution in [2.75, 3.05) is 19.7 Å². The smallest absolute Gasteiger partial charge is 0.272 e. The lowest BCUT2D eigenvalue weighted by Crippen LogP contribution is -2.34. The van der Waals surface area contributed by atoms with Gasteiger partial charge in [0.05, 0.1) is 6.61 Å². The standard InChI is InChI=1S/C12H19N3O2/c1-2-5-15(6-7-16)12(17)11-4-3-10(8-13)9-14-11/h3-4,9,16H,2,5-8,13H2,1H3. The van der Waals surface area contributed by atoms with Gasteiger partial charge in [0.25, 0.3) is 5.91 Å². The number of hydrogen-bond donors (Lipinski definition) is 2. The molecule has 0 fully saturated rings. The summed E-state index contributed by atoms with van der Waals surface area (Å²) < 4.78 is 0. The number of aliphatic hydroxyl groups excluding tert-OH is 1. The molecule has 0 aliphatic carbocycles. The lowest BCUT2D eigenvalue weighted by Gasteiger charge is -2.20. The van der Waals surface area contributed by atoms with Crippen molar-refractivity contribution in [3.63, 3.8) is 0 Å². The summed E-state index contributed by atoms with van der Waals surface area (Å²) >= 11 is 0. The van der Waals surface area contributed by atoms with E-state index in [1.807, 2.05) is 6.92 Å². The number of hydrogen-bond acceptors (Lipinski definition) is 4. The molecule has 1 rings (SSSR count). The molecule has 1 aromatic heterocycles. The van der Waals surface area contributed by atoms with Gasteiger partial charge < -0.3 is 15.7 Å². The van der Waals surface area contributed by atoms with Crippen LogP contribution in [0.2, 0.25) is 0 Å². The molecule has 1 amide bonds. The molecule has 0 bridgehead atoms.